The number of rotatable bonds is 2. The van der Waals surface area contributed by atoms with Gasteiger partial charge in [-0.05, 0) is 12.1 Å². The molecule has 1 aromatic rings. The number of pyridine rings is 1. The second-order valence-electron chi connectivity index (χ2n) is 1.74. The number of nitrogens with zero attached hydrogens (tertiary/aromatic N) is 2. The summed E-state index contributed by atoms with van der Waals surface area (Å²) in [5, 5.41) is 9.53. The lowest BCUT2D eigenvalue weighted by atomic mass is 10.4. The number of halogens is 1. The van der Waals surface area contributed by atoms with Crippen LogP contribution >= 0.6 is 11.6 Å². The lowest BCUT2D eigenvalue weighted by Gasteiger charge is -1.94. The molecular formula is C5H4ClN3O2. The Morgan fingerprint density at radius 2 is 2.36 bits per heavy atom. The molecule has 58 valence electrons. The summed E-state index contributed by atoms with van der Waals surface area (Å²) in [6.45, 7) is 0. The summed E-state index contributed by atoms with van der Waals surface area (Å²) >= 11 is 5.44. The third kappa shape index (κ3) is 2.38. The van der Waals surface area contributed by atoms with Gasteiger partial charge in [0, 0.05) is 0 Å². The van der Waals surface area contributed by atoms with E-state index < -0.39 is 5.03 Å². The Bertz CT molecular complexity index is 261. The molecule has 0 fully saturated rings. The molecular weight excluding hydrogens is 170 g/mol. The molecule has 0 atom stereocenters. The first kappa shape index (κ1) is 7.74. The molecule has 0 spiro atoms. The molecule has 6 heteroatoms. The third-order valence-electron chi connectivity index (χ3n) is 0.948. The molecule has 0 aromatic carbocycles. The fourth-order valence-electron chi connectivity index (χ4n) is 0.547. The Morgan fingerprint density at radius 3 is 2.82 bits per heavy atom. The molecule has 1 aromatic heterocycles. The van der Waals surface area contributed by atoms with Gasteiger partial charge in [0.05, 0.1) is 6.20 Å². The Labute approximate surface area is 67.1 Å². The zero-order valence-electron chi connectivity index (χ0n) is 5.32. The standard InChI is InChI=1S/C5H4ClN3O2/c6-5-2-1-4(3-7-5)8-9(10)11/h1-3,8H. The highest BCUT2D eigenvalue weighted by atomic mass is 35.5. The average molecular weight is 174 g/mol. The van der Waals surface area contributed by atoms with E-state index in [1.807, 2.05) is 5.43 Å². The summed E-state index contributed by atoms with van der Waals surface area (Å²) in [7, 11) is 0. The van der Waals surface area contributed by atoms with Gasteiger partial charge in [-0.1, -0.05) is 11.6 Å². The van der Waals surface area contributed by atoms with E-state index in [0.717, 1.165) is 0 Å². The summed E-state index contributed by atoms with van der Waals surface area (Å²) in [5.41, 5.74) is 2.24. The maximum absolute atomic E-state index is 9.89. The van der Waals surface area contributed by atoms with Crippen molar-refractivity contribution in [3.05, 3.63) is 33.6 Å². The molecule has 0 saturated carbocycles. The van der Waals surface area contributed by atoms with Crippen LogP contribution in [-0.2, 0) is 0 Å². The number of aromatic nitrogens is 1. The highest BCUT2D eigenvalue weighted by Gasteiger charge is 1.97. The average Bonchev–Trinajstić information content (AvgIpc) is 1.93. The summed E-state index contributed by atoms with van der Waals surface area (Å²) in [4.78, 5) is 13.5. The van der Waals surface area contributed by atoms with E-state index in [0.29, 0.717) is 10.8 Å². The molecule has 5 nitrogen and oxygen atoms in total. The first-order valence-corrected chi connectivity index (χ1v) is 3.09. The molecule has 0 aliphatic rings. The highest BCUT2D eigenvalue weighted by Crippen LogP contribution is 2.08. The zero-order chi connectivity index (χ0) is 8.27. The van der Waals surface area contributed by atoms with Gasteiger partial charge in [0.25, 0.3) is 0 Å². The molecule has 0 unspecified atom stereocenters. The maximum atomic E-state index is 9.89. The lowest BCUT2D eigenvalue weighted by molar-refractivity contribution is -0.445. The van der Waals surface area contributed by atoms with Crippen molar-refractivity contribution in [1.29, 1.82) is 0 Å². The predicted octanol–water partition coefficient (Wildman–Crippen LogP) is 1.34. The van der Waals surface area contributed by atoms with Crippen molar-refractivity contribution in [2.75, 3.05) is 5.43 Å². The van der Waals surface area contributed by atoms with Crippen LogP contribution < -0.4 is 5.43 Å². The van der Waals surface area contributed by atoms with Crippen LogP contribution in [0.25, 0.3) is 0 Å². The first-order chi connectivity index (χ1) is 5.18. The normalized spacial score (nSPS) is 9.18. The van der Waals surface area contributed by atoms with E-state index in [2.05, 4.69) is 4.98 Å². The second-order valence-corrected chi connectivity index (χ2v) is 2.13. The number of nitro groups is 1. The Kier molecular flexibility index (Phi) is 2.22. The van der Waals surface area contributed by atoms with Crippen molar-refractivity contribution in [3.8, 4) is 0 Å². The number of anilines is 1. The number of hydrogen-bond donors (Lipinski definition) is 1. The number of hydrazine groups is 1. The van der Waals surface area contributed by atoms with E-state index in [1.54, 1.807) is 0 Å². The summed E-state index contributed by atoms with van der Waals surface area (Å²) in [5.74, 6) is 0. The van der Waals surface area contributed by atoms with Gasteiger partial charge in [0.2, 0.25) is 0 Å². The molecule has 0 aliphatic carbocycles. The topological polar surface area (TPSA) is 68.1 Å². The van der Waals surface area contributed by atoms with Gasteiger partial charge >= 0.3 is 0 Å². The van der Waals surface area contributed by atoms with Crippen molar-refractivity contribution in [3.63, 3.8) is 0 Å². The zero-order valence-corrected chi connectivity index (χ0v) is 6.08. The molecule has 0 amide bonds. The molecule has 1 rings (SSSR count). The molecule has 0 bridgehead atoms. The number of hydrogen-bond acceptors (Lipinski definition) is 3. The smallest absolute Gasteiger partial charge is 0.162 e. The fourth-order valence-corrected chi connectivity index (χ4v) is 0.659. The highest BCUT2D eigenvalue weighted by molar-refractivity contribution is 6.29. The van der Waals surface area contributed by atoms with E-state index in [4.69, 9.17) is 11.6 Å². The van der Waals surface area contributed by atoms with Gasteiger partial charge in [-0.25, -0.2) is 15.1 Å². The summed E-state index contributed by atoms with van der Waals surface area (Å²) < 4.78 is 0. The Morgan fingerprint density at radius 1 is 1.64 bits per heavy atom. The predicted molar refractivity (Wildman–Crippen MR) is 39.9 cm³/mol. The van der Waals surface area contributed by atoms with E-state index >= 15 is 0 Å². The van der Waals surface area contributed by atoms with Gasteiger partial charge in [0.15, 0.2) is 5.03 Å². The van der Waals surface area contributed by atoms with Gasteiger partial charge in [-0.3, -0.25) is 0 Å². The molecule has 0 radical (unpaired) electrons. The minimum atomic E-state index is -0.662. The van der Waals surface area contributed by atoms with E-state index in [9.17, 15) is 10.1 Å². The van der Waals surface area contributed by atoms with Crippen molar-refractivity contribution in [2.24, 2.45) is 0 Å². The molecule has 1 N–H and O–H groups in total. The summed E-state index contributed by atoms with van der Waals surface area (Å²) in [6, 6.07) is 2.94. The van der Waals surface area contributed by atoms with Gasteiger partial charge in [-0.15, -0.1) is 5.43 Å². The largest absolute Gasteiger partial charge is 0.242 e. The van der Waals surface area contributed by atoms with Crippen LogP contribution in [0.2, 0.25) is 5.15 Å². The molecule has 11 heavy (non-hydrogen) atoms. The Hall–Kier alpha value is -1.36. The quantitative estimate of drug-likeness (QED) is 0.416. The first-order valence-electron chi connectivity index (χ1n) is 2.71. The van der Waals surface area contributed by atoms with Crippen molar-refractivity contribution in [2.45, 2.75) is 0 Å². The number of nitrogens with one attached hydrogen (secondary N) is 1. The van der Waals surface area contributed by atoms with Gasteiger partial charge < -0.3 is 0 Å². The van der Waals surface area contributed by atoms with E-state index in [-0.39, 0.29) is 0 Å². The SMILES string of the molecule is O=[N+]([O-])Nc1ccc(Cl)nc1. The minimum Gasteiger partial charge on any atom is -0.242 e. The van der Waals surface area contributed by atoms with Crippen LogP contribution in [-0.4, -0.2) is 10.0 Å². The van der Waals surface area contributed by atoms with Gasteiger partial charge in [0.1, 0.15) is 10.8 Å². The fraction of sp³-hybridized carbons (Fsp3) is 0. The monoisotopic (exact) mass is 173 g/mol. The lowest BCUT2D eigenvalue weighted by Crippen LogP contribution is -2.07. The third-order valence-corrected chi connectivity index (χ3v) is 1.17. The van der Waals surface area contributed by atoms with Crippen LogP contribution in [0.1, 0.15) is 0 Å². The van der Waals surface area contributed by atoms with Crippen LogP contribution in [0, 0.1) is 10.1 Å². The minimum absolute atomic E-state index is 0.305. The Balaban J connectivity index is 2.74. The van der Waals surface area contributed by atoms with Crippen molar-refractivity contribution >= 4 is 17.3 Å². The van der Waals surface area contributed by atoms with E-state index in [1.165, 1.54) is 18.3 Å². The summed E-state index contributed by atoms with van der Waals surface area (Å²) in [6.07, 6.45) is 1.28. The second kappa shape index (κ2) is 3.16. The van der Waals surface area contributed by atoms with Crippen LogP contribution in [0.15, 0.2) is 18.3 Å². The molecule has 0 saturated heterocycles. The van der Waals surface area contributed by atoms with Crippen LogP contribution in [0.3, 0.4) is 0 Å². The molecule has 0 aliphatic heterocycles. The van der Waals surface area contributed by atoms with Gasteiger partial charge in [-0.2, -0.15) is 0 Å². The maximum Gasteiger partial charge on any atom is 0.162 e. The van der Waals surface area contributed by atoms with Crippen molar-refractivity contribution in [1.82, 2.24) is 4.98 Å². The molecule has 1 heterocycles. The van der Waals surface area contributed by atoms with Crippen molar-refractivity contribution < 1.29 is 5.03 Å². The van der Waals surface area contributed by atoms with Crippen LogP contribution in [0.4, 0.5) is 5.69 Å². The van der Waals surface area contributed by atoms with Crippen LogP contribution in [0.5, 0.6) is 0 Å².